The number of ether oxygens (including phenoxy) is 1. The molecule has 0 radical (unpaired) electrons. The van der Waals surface area contributed by atoms with Gasteiger partial charge < -0.3 is 4.74 Å². The van der Waals surface area contributed by atoms with Gasteiger partial charge in [0.05, 0.1) is 18.4 Å². The number of benzene rings is 1. The summed E-state index contributed by atoms with van der Waals surface area (Å²) in [5.74, 6) is -0.336. The minimum absolute atomic E-state index is 0.336. The molecule has 0 amide bonds. The van der Waals surface area contributed by atoms with Crippen LogP contribution in [0.25, 0.3) is 0 Å². The van der Waals surface area contributed by atoms with Crippen LogP contribution in [0.5, 0.6) is 0 Å². The number of esters is 1. The van der Waals surface area contributed by atoms with E-state index in [4.69, 9.17) is 0 Å². The van der Waals surface area contributed by atoms with Gasteiger partial charge in [0.1, 0.15) is 0 Å². The van der Waals surface area contributed by atoms with Gasteiger partial charge in [-0.2, -0.15) is 0 Å². The minimum atomic E-state index is -0.336. The van der Waals surface area contributed by atoms with E-state index in [1.54, 1.807) is 18.3 Å². The lowest BCUT2D eigenvalue weighted by Gasteiger charge is -2.03. The predicted octanol–water partition coefficient (Wildman–Crippen LogP) is 2.50. The van der Waals surface area contributed by atoms with Crippen LogP contribution >= 0.6 is 0 Å². The minimum Gasteiger partial charge on any atom is -0.465 e. The molecule has 0 aliphatic rings. The Kier molecular flexibility index (Phi) is 3.40. The number of nitrogens with zero attached hydrogens (tertiary/aromatic N) is 1. The van der Waals surface area contributed by atoms with E-state index in [9.17, 15) is 4.79 Å². The molecular weight excluding hydrogens is 178 g/mol. The van der Waals surface area contributed by atoms with E-state index in [1.807, 2.05) is 19.9 Å². The summed E-state index contributed by atoms with van der Waals surface area (Å²) in [5.41, 5.74) is 2.37. The zero-order valence-electron chi connectivity index (χ0n) is 8.57. The van der Waals surface area contributed by atoms with Crippen molar-refractivity contribution in [3.63, 3.8) is 0 Å². The number of methoxy groups -OCH3 is 1. The lowest BCUT2D eigenvalue weighted by atomic mass is 10.1. The Morgan fingerprint density at radius 3 is 2.79 bits per heavy atom. The van der Waals surface area contributed by atoms with Crippen molar-refractivity contribution >= 4 is 17.9 Å². The Hall–Kier alpha value is -1.64. The van der Waals surface area contributed by atoms with Crippen molar-refractivity contribution in [1.82, 2.24) is 0 Å². The fourth-order valence-electron chi connectivity index (χ4n) is 1.13. The number of carbonyl (C=O) groups excluding carboxylic acids is 1. The molecule has 0 atom stereocenters. The molecule has 74 valence electrons. The van der Waals surface area contributed by atoms with E-state index in [0.717, 1.165) is 11.3 Å². The van der Waals surface area contributed by atoms with Crippen LogP contribution in [-0.2, 0) is 4.74 Å². The molecule has 14 heavy (non-hydrogen) atoms. The first-order chi connectivity index (χ1) is 6.69. The van der Waals surface area contributed by atoms with Crippen LogP contribution < -0.4 is 0 Å². The third-order valence-electron chi connectivity index (χ3n) is 1.90. The van der Waals surface area contributed by atoms with Crippen LogP contribution in [0.15, 0.2) is 23.2 Å². The number of rotatable bonds is 2. The first-order valence-electron chi connectivity index (χ1n) is 4.36. The molecule has 0 aromatic heterocycles. The molecule has 0 fully saturated rings. The molecule has 0 saturated heterocycles. The Morgan fingerprint density at radius 2 is 2.21 bits per heavy atom. The first kappa shape index (κ1) is 10.4. The summed E-state index contributed by atoms with van der Waals surface area (Å²) >= 11 is 0. The number of hydrogen-bond acceptors (Lipinski definition) is 3. The van der Waals surface area contributed by atoms with Gasteiger partial charge in [-0.1, -0.05) is 6.07 Å². The van der Waals surface area contributed by atoms with Gasteiger partial charge in [-0.15, -0.1) is 0 Å². The largest absolute Gasteiger partial charge is 0.465 e. The van der Waals surface area contributed by atoms with Crippen LogP contribution in [0, 0.1) is 6.92 Å². The van der Waals surface area contributed by atoms with E-state index < -0.39 is 0 Å². The summed E-state index contributed by atoms with van der Waals surface area (Å²) < 4.78 is 4.62. The van der Waals surface area contributed by atoms with Gasteiger partial charge in [0.2, 0.25) is 0 Å². The molecular formula is C11H13NO2. The van der Waals surface area contributed by atoms with E-state index in [-0.39, 0.29) is 5.97 Å². The third kappa shape index (κ3) is 2.19. The van der Waals surface area contributed by atoms with Crippen LogP contribution in [0.1, 0.15) is 22.8 Å². The Bertz CT molecular complexity index is 370. The van der Waals surface area contributed by atoms with Crippen molar-refractivity contribution in [2.24, 2.45) is 4.99 Å². The monoisotopic (exact) mass is 191 g/mol. The van der Waals surface area contributed by atoms with E-state index in [0.29, 0.717) is 5.56 Å². The van der Waals surface area contributed by atoms with Crippen LogP contribution in [0.2, 0.25) is 0 Å². The normalized spacial score (nSPS) is 10.5. The zero-order valence-corrected chi connectivity index (χ0v) is 8.57. The van der Waals surface area contributed by atoms with Gasteiger partial charge in [-0.25, -0.2) is 4.79 Å². The molecule has 0 aliphatic carbocycles. The van der Waals surface area contributed by atoms with Crippen molar-refractivity contribution in [2.75, 3.05) is 7.11 Å². The molecule has 3 nitrogen and oxygen atoms in total. The van der Waals surface area contributed by atoms with Gasteiger partial charge in [0.25, 0.3) is 0 Å². The van der Waals surface area contributed by atoms with Crippen LogP contribution in [0.3, 0.4) is 0 Å². The number of hydrogen-bond donors (Lipinski definition) is 0. The van der Waals surface area contributed by atoms with E-state index in [1.165, 1.54) is 7.11 Å². The fourth-order valence-corrected chi connectivity index (χ4v) is 1.13. The number of aryl methyl sites for hydroxylation is 1. The first-order valence-corrected chi connectivity index (χ1v) is 4.36. The average Bonchev–Trinajstić information content (AvgIpc) is 2.20. The fraction of sp³-hybridized carbons (Fsp3) is 0.273. The second-order valence-electron chi connectivity index (χ2n) is 2.88. The van der Waals surface area contributed by atoms with Gasteiger partial charge in [-0.3, -0.25) is 4.99 Å². The van der Waals surface area contributed by atoms with Gasteiger partial charge >= 0.3 is 5.97 Å². The Labute approximate surface area is 83.4 Å². The molecule has 0 saturated carbocycles. The SMILES string of the molecule is CC=Nc1cc(C(=O)OC)ccc1C. The maximum absolute atomic E-state index is 11.2. The second-order valence-corrected chi connectivity index (χ2v) is 2.88. The van der Waals surface area contributed by atoms with E-state index in [2.05, 4.69) is 9.73 Å². The van der Waals surface area contributed by atoms with Gasteiger partial charge in [-0.05, 0) is 31.5 Å². The van der Waals surface area contributed by atoms with Crippen LogP contribution in [-0.4, -0.2) is 19.3 Å². The van der Waals surface area contributed by atoms with E-state index >= 15 is 0 Å². The molecule has 1 aromatic carbocycles. The van der Waals surface area contributed by atoms with Crippen molar-refractivity contribution in [1.29, 1.82) is 0 Å². The molecule has 1 rings (SSSR count). The number of aliphatic imine (C=N–C) groups is 1. The van der Waals surface area contributed by atoms with Crippen molar-refractivity contribution in [3.05, 3.63) is 29.3 Å². The molecule has 0 heterocycles. The molecule has 1 aromatic rings. The van der Waals surface area contributed by atoms with Crippen LogP contribution in [0.4, 0.5) is 5.69 Å². The molecule has 0 spiro atoms. The summed E-state index contributed by atoms with van der Waals surface area (Å²) in [5, 5.41) is 0. The predicted molar refractivity (Wildman–Crippen MR) is 56.3 cm³/mol. The second kappa shape index (κ2) is 4.56. The molecule has 3 heteroatoms. The van der Waals surface area contributed by atoms with Crippen molar-refractivity contribution < 1.29 is 9.53 Å². The lowest BCUT2D eigenvalue weighted by Crippen LogP contribution is -2.00. The molecule has 0 aliphatic heterocycles. The highest BCUT2D eigenvalue weighted by Crippen LogP contribution is 2.20. The maximum atomic E-state index is 11.2. The Morgan fingerprint density at radius 1 is 1.50 bits per heavy atom. The summed E-state index contributed by atoms with van der Waals surface area (Å²) in [4.78, 5) is 15.4. The zero-order chi connectivity index (χ0) is 10.6. The smallest absolute Gasteiger partial charge is 0.337 e. The third-order valence-corrected chi connectivity index (χ3v) is 1.90. The Balaban J connectivity index is 3.12. The summed E-state index contributed by atoms with van der Waals surface area (Å²) in [6.45, 7) is 3.79. The quantitative estimate of drug-likeness (QED) is 0.532. The van der Waals surface area contributed by atoms with Crippen molar-refractivity contribution in [3.8, 4) is 0 Å². The maximum Gasteiger partial charge on any atom is 0.337 e. The standard InChI is InChI=1S/C11H13NO2/c1-4-12-10-7-9(11(13)14-3)6-5-8(10)2/h4-7H,1-3H3. The van der Waals surface area contributed by atoms with Crippen molar-refractivity contribution in [2.45, 2.75) is 13.8 Å². The summed E-state index contributed by atoms with van der Waals surface area (Å²) in [7, 11) is 1.37. The molecule has 0 N–H and O–H groups in total. The topological polar surface area (TPSA) is 38.7 Å². The van der Waals surface area contributed by atoms with Gasteiger partial charge in [0.15, 0.2) is 0 Å². The highest BCUT2D eigenvalue weighted by Gasteiger charge is 2.06. The highest BCUT2D eigenvalue weighted by molar-refractivity contribution is 5.90. The number of carbonyl (C=O) groups is 1. The lowest BCUT2D eigenvalue weighted by molar-refractivity contribution is 0.0601. The highest BCUT2D eigenvalue weighted by atomic mass is 16.5. The summed E-state index contributed by atoms with van der Waals surface area (Å²) in [6.07, 6.45) is 1.70. The summed E-state index contributed by atoms with van der Waals surface area (Å²) in [6, 6.07) is 5.31. The van der Waals surface area contributed by atoms with Gasteiger partial charge in [0, 0.05) is 6.21 Å². The molecule has 0 bridgehead atoms. The molecule has 0 unspecified atom stereocenters. The average molecular weight is 191 g/mol.